The molecule has 1 fully saturated rings. The maximum atomic E-state index is 10.6. The molecule has 2 N–H and O–H groups in total. The lowest BCUT2D eigenvalue weighted by Crippen LogP contribution is -2.23. The summed E-state index contributed by atoms with van der Waals surface area (Å²) in [5.41, 5.74) is 0.544. The number of carbonyl (C=O) groups excluding carboxylic acids is 1. The van der Waals surface area contributed by atoms with E-state index >= 15 is 0 Å². The minimum atomic E-state index is -1.67. The van der Waals surface area contributed by atoms with E-state index in [1.807, 2.05) is 6.07 Å². The first-order chi connectivity index (χ1) is 9.90. The van der Waals surface area contributed by atoms with Gasteiger partial charge in [0.2, 0.25) is 0 Å². The zero-order valence-electron chi connectivity index (χ0n) is 12.4. The minimum Gasteiger partial charge on any atom is -0.457 e. The van der Waals surface area contributed by atoms with Crippen LogP contribution in [-0.4, -0.2) is 35.0 Å². The molecule has 0 saturated carbocycles. The van der Waals surface area contributed by atoms with Gasteiger partial charge in [0.05, 0.1) is 6.61 Å². The third kappa shape index (κ3) is 6.08. The Morgan fingerprint density at radius 1 is 1.52 bits per heavy atom. The molecule has 2 unspecified atom stereocenters. The van der Waals surface area contributed by atoms with Crippen LogP contribution in [0, 0.1) is 0 Å². The highest BCUT2D eigenvalue weighted by Gasteiger charge is 2.31. The zero-order chi connectivity index (χ0) is 15.9. The molecule has 2 atom stereocenters. The molecule has 0 aromatic heterocycles. The molecule has 2 rings (SSSR count). The largest absolute Gasteiger partial charge is 0.457 e. The van der Waals surface area contributed by atoms with Gasteiger partial charge in [0.15, 0.2) is 5.79 Å². The Labute approximate surface area is 124 Å². The maximum absolute atomic E-state index is 10.6. The lowest BCUT2D eigenvalue weighted by atomic mass is 10.0. The fourth-order valence-corrected chi connectivity index (χ4v) is 1.54. The van der Waals surface area contributed by atoms with Gasteiger partial charge in [-0.25, -0.2) is 4.79 Å². The van der Waals surface area contributed by atoms with E-state index in [2.05, 4.69) is 6.58 Å². The van der Waals surface area contributed by atoms with Crippen LogP contribution in [0.5, 0.6) is 0 Å². The zero-order valence-corrected chi connectivity index (χ0v) is 12.4. The average Bonchev–Trinajstić information content (AvgIpc) is 3.33. The van der Waals surface area contributed by atoms with Crippen LogP contribution < -0.4 is 0 Å². The van der Waals surface area contributed by atoms with Gasteiger partial charge in [-0.3, -0.25) is 0 Å². The smallest absolute Gasteiger partial charge is 0.330 e. The van der Waals surface area contributed by atoms with Crippen molar-refractivity contribution in [2.24, 2.45) is 0 Å². The van der Waals surface area contributed by atoms with E-state index < -0.39 is 5.79 Å². The molecule has 1 aliphatic heterocycles. The first kappa shape index (κ1) is 17.4. The van der Waals surface area contributed by atoms with Crippen molar-refractivity contribution >= 4 is 5.97 Å². The van der Waals surface area contributed by atoms with Crippen molar-refractivity contribution < 1.29 is 24.5 Å². The number of aliphatic hydroxyl groups is 2. The minimum absolute atomic E-state index is 0.115. The summed E-state index contributed by atoms with van der Waals surface area (Å²) in [6.07, 6.45) is 1.44. The highest BCUT2D eigenvalue weighted by atomic mass is 16.6. The van der Waals surface area contributed by atoms with E-state index in [0.717, 1.165) is 6.08 Å². The SMILES string of the molecule is C=CC(=O)OC(C)C1CO1.CCC(O)(O)c1ccccc1. The topological polar surface area (TPSA) is 79.3 Å². The molecule has 1 aromatic carbocycles. The lowest BCUT2D eigenvalue weighted by molar-refractivity contribution is -0.171. The predicted octanol–water partition coefficient (Wildman–Crippen LogP) is 1.74. The van der Waals surface area contributed by atoms with E-state index in [4.69, 9.17) is 9.47 Å². The van der Waals surface area contributed by atoms with Crippen molar-refractivity contribution in [3.05, 3.63) is 48.6 Å². The third-order valence-electron chi connectivity index (χ3n) is 3.08. The van der Waals surface area contributed by atoms with Gasteiger partial charge in [-0.05, 0) is 6.92 Å². The van der Waals surface area contributed by atoms with Gasteiger partial charge in [0, 0.05) is 18.1 Å². The number of rotatable bonds is 5. The standard InChI is InChI=1S/C9H12O2.C7H10O3/c1-2-9(10,11)8-6-4-3-5-7-8;1-3-7(8)10-5(2)6-4-9-6/h3-7,10-11H,2H2,1H3;3,5-6H,1,4H2,2H3. The molecule has 21 heavy (non-hydrogen) atoms. The molecule has 5 heteroatoms. The molecule has 1 aliphatic rings. The van der Waals surface area contributed by atoms with Gasteiger partial charge in [0.1, 0.15) is 12.2 Å². The van der Waals surface area contributed by atoms with Crippen LogP contribution in [0.2, 0.25) is 0 Å². The fraction of sp³-hybridized carbons (Fsp3) is 0.438. The van der Waals surface area contributed by atoms with Gasteiger partial charge in [-0.15, -0.1) is 0 Å². The van der Waals surface area contributed by atoms with Crippen LogP contribution in [0.25, 0.3) is 0 Å². The molecule has 1 saturated heterocycles. The molecule has 0 aliphatic carbocycles. The quantitative estimate of drug-likeness (QED) is 0.374. The lowest BCUT2D eigenvalue weighted by Gasteiger charge is -2.19. The van der Waals surface area contributed by atoms with Crippen molar-refractivity contribution in [2.75, 3.05) is 6.61 Å². The summed E-state index contributed by atoms with van der Waals surface area (Å²) in [7, 11) is 0. The summed E-state index contributed by atoms with van der Waals surface area (Å²) in [6, 6.07) is 8.81. The number of hydrogen-bond donors (Lipinski definition) is 2. The molecule has 116 valence electrons. The number of epoxide rings is 1. The van der Waals surface area contributed by atoms with Crippen molar-refractivity contribution in [3.63, 3.8) is 0 Å². The molecular weight excluding hydrogens is 272 g/mol. The van der Waals surface area contributed by atoms with Crippen molar-refractivity contribution in [2.45, 2.75) is 38.3 Å². The molecule has 0 amide bonds. The van der Waals surface area contributed by atoms with E-state index in [1.165, 1.54) is 0 Å². The highest BCUT2D eigenvalue weighted by molar-refractivity contribution is 5.81. The summed E-state index contributed by atoms with van der Waals surface area (Å²) in [5.74, 6) is -2.05. The summed E-state index contributed by atoms with van der Waals surface area (Å²) >= 11 is 0. The Hall–Kier alpha value is -1.69. The van der Waals surface area contributed by atoms with Crippen LogP contribution in [0.3, 0.4) is 0 Å². The number of carbonyl (C=O) groups is 1. The van der Waals surface area contributed by atoms with Crippen LogP contribution in [0.15, 0.2) is 43.0 Å². The number of hydrogen-bond acceptors (Lipinski definition) is 5. The molecule has 0 radical (unpaired) electrons. The monoisotopic (exact) mass is 294 g/mol. The van der Waals surface area contributed by atoms with Gasteiger partial charge >= 0.3 is 5.97 Å². The first-order valence-corrected chi connectivity index (χ1v) is 6.85. The van der Waals surface area contributed by atoms with E-state index in [9.17, 15) is 15.0 Å². The number of benzene rings is 1. The van der Waals surface area contributed by atoms with E-state index in [0.29, 0.717) is 18.6 Å². The normalized spacial score (nSPS) is 18.0. The molecule has 1 heterocycles. The van der Waals surface area contributed by atoms with Crippen molar-refractivity contribution in [3.8, 4) is 0 Å². The van der Waals surface area contributed by atoms with Gasteiger partial charge in [-0.1, -0.05) is 43.8 Å². The maximum Gasteiger partial charge on any atom is 0.330 e. The van der Waals surface area contributed by atoms with E-state index in [1.54, 1.807) is 38.1 Å². The summed E-state index contributed by atoms with van der Waals surface area (Å²) in [4.78, 5) is 10.6. The molecular formula is C16H22O5. The number of ether oxygens (including phenoxy) is 2. The number of esters is 1. The summed E-state index contributed by atoms with van der Waals surface area (Å²) in [5, 5.41) is 18.7. The van der Waals surface area contributed by atoms with Crippen LogP contribution >= 0.6 is 0 Å². The van der Waals surface area contributed by atoms with Crippen LogP contribution in [0.1, 0.15) is 25.8 Å². The molecule has 5 nitrogen and oxygen atoms in total. The van der Waals surface area contributed by atoms with Crippen LogP contribution in [-0.2, 0) is 20.1 Å². The third-order valence-corrected chi connectivity index (χ3v) is 3.08. The molecule has 1 aromatic rings. The van der Waals surface area contributed by atoms with Gasteiger partial charge in [-0.2, -0.15) is 0 Å². The van der Waals surface area contributed by atoms with E-state index in [-0.39, 0.29) is 18.2 Å². The Bertz CT molecular complexity index is 451. The van der Waals surface area contributed by atoms with Crippen molar-refractivity contribution in [1.82, 2.24) is 0 Å². The van der Waals surface area contributed by atoms with Gasteiger partial charge in [0.25, 0.3) is 0 Å². The predicted molar refractivity (Wildman–Crippen MR) is 78.3 cm³/mol. The van der Waals surface area contributed by atoms with Crippen LogP contribution in [0.4, 0.5) is 0 Å². The second-order valence-electron chi connectivity index (χ2n) is 4.75. The first-order valence-electron chi connectivity index (χ1n) is 6.85. The van der Waals surface area contributed by atoms with Crippen molar-refractivity contribution in [1.29, 1.82) is 0 Å². The Balaban J connectivity index is 0.000000211. The Morgan fingerprint density at radius 3 is 2.52 bits per heavy atom. The Morgan fingerprint density at radius 2 is 2.10 bits per heavy atom. The Kier molecular flexibility index (Phi) is 6.55. The second-order valence-corrected chi connectivity index (χ2v) is 4.75. The van der Waals surface area contributed by atoms with Gasteiger partial charge < -0.3 is 19.7 Å². The molecule has 0 spiro atoms. The average molecular weight is 294 g/mol. The molecule has 0 bridgehead atoms. The fourth-order valence-electron chi connectivity index (χ4n) is 1.54. The second kappa shape index (κ2) is 7.93. The summed E-state index contributed by atoms with van der Waals surface area (Å²) < 4.78 is 9.75. The highest BCUT2D eigenvalue weighted by Crippen LogP contribution is 2.20. The summed E-state index contributed by atoms with van der Waals surface area (Å²) in [6.45, 7) is 7.51.